The van der Waals surface area contributed by atoms with E-state index >= 15 is 0 Å². The van der Waals surface area contributed by atoms with Crippen molar-refractivity contribution < 1.29 is 14.0 Å². The minimum absolute atomic E-state index is 0.379. The van der Waals surface area contributed by atoms with Crippen LogP contribution in [-0.4, -0.2) is 4.89 Å². The van der Waals surface area contributed by atoms with E-state index in [2.05, 4.69) is 25.0 Å². The summed E-state index contributed by atoms with van der Waals surface area (Å²) in [6.45, 7) is 7.93. The number of rotatable bonds is 4. The second-order valence-electron chi connectivity index (χ2n) is 3.10. The topological polar surface area (TPSA) is 46.5 Å². The molecule has 1 atom stereocenters. The van der Waals surface area contributed by atoms with Crippen LogP contribution < -0.4 is 4.52 Å². The molecule has 4 heteroatoms. The van der Waals surface area contributed by atoms with E-state index in [0.29, 0.717) is 5.75 Å². The van der Waals surface area contributed by atoms with Crippen molar-refractivity contribution in [1.29, 1.82) is 0 Å². The van der Waals surface area contributed by atoms with E-state index in [9.17, 15) is 4.57 Å². The van der Waals surface area contributed by atoms with E-state index in [-0.39, 0.29) is 0 Å². The molecule has 0 saturated carbocycles. The molecule has 0 aromatic heterocycles. The van der Waals surface area contributed by atoms with Crippen molar-refractivity contribution in [3.63, 3.8) is 0 Å². The summed E-state index contributed by atoms with van der Waals surface area (Å²) in [5.41, 5.74) is 0.940. The molecule has 88 valence electrons. The fraction of sp³-hybridized carbons (Fsp3) is 0.333. The van der Waals surface area contributed by atoms with Gasteiger partial charge in [-0.1, -0.05) is 51.5 Å². The molecule has 1 unspecified atom stereocenters. The number of unbranched alkanes of at least 4 members (excludes halogenated alkanes) is 1. The third-order valence-corrected chi connectivity index (χ3v) is 2.17. The van der Waals surface area contributed by atoms with Crippen LogP contribution in [0.4, 0.5) is 0 Å². The molecule has 1 rings (SSSR count). The molecule has 0 amide bonds. The van der Waals surface area contributed by atoms with Gasteiger partial charge in [0, 0.05) is 4.57 Å². The van der Waals surface area contributed by atoms with Gasteiger partial charge < -0.3 is 0 Å². The maximum Gasteiger partial charge on any atom is 0.747 e. The predicted molar refractivity (Wildman–Crippen MR) is 67.6 cm³/mol. The van der Waals surface area contributed by atoms with E-state index in [0.717, 1.165) is 5.56 Å². The first kappa shape index (κ1) is 14.8. The lowest BCUT2D eigenvalue weighted by Gasteiger charge is -1.92. The SMILES string of the molecule is C=Cc1ccc(O[P+](=O)O)cc1.CCCC. The highest BCUT2D eigenvalue weighted by Gasteiger charge is 2.12. The smallest absolute Gasteiger partial charge is 0.229 e. The molecule has 0 spiro atoms. The van der Waals surface area contributed by atoms with Crippen molar-refractivity contribution in [1.82, 2.24) is 0 Å². The molecule has 1 N–H and O–H groups in total. The number of hydrogen-bond donors (Lipinski definition) is 1. The second kappa shape index (κ2) is 9.08. The zero-order valence-corrected chi connectivity index (χ0v) is 10.6. The molecule has 0 aliphatic carbocycles. The van der Waals surface area contributed by atoms with Gasteiger partial charge in [-0.2, -0.15) is 0 Å². The van der Waals surface area contributed by atoms with Gasteiger partial charge >= 0.3 is 8.25 Å². The van der Waals surface area contributed by atoms with Gasteiger partial charge in [-0.3, -0.25) is 0 Å². The number of benzene rings is 1. The zero-order valence-electron chi connectivity index (χ0n) is 9.72. The van der Waals surface area contributed by atoms with Crippen LogP contribution in [0.5, 0.6) is 5.75 Å². The van der Waals surface area contributed by atoms with Gasteiger partial charge in [0.05, 0.1) is 0 Å². The fourth-order valence-electron chi connectivity index (χ4n) is 0.755. The molecule has 0 radical (unpaired) electrons. The number of hydrogen-bond acceptors (Lipinski definition) is 2. The van der Waals surface area contributed by atoms with Gasteiger partial charge in [-0.15, -0.1) is 4.89 Å². The predicted octanol–water partition coefficient (Wildman–Crippen LogP) is 4.16. The third kappa shape index (κ3) is 7.16. The fourth-order valence-corrected chi connectivity index (χ4v) is 1.06. The molecule has 16 heavy (non-hydrogen) atoms. The maximum absolute atomic E-state index is 10.2. The van der Waals surface area contributed by atoms with Crippen LogP contribution in [0, 0.1) is 0 Å². The molecule has 3 nitrogen and oxygen atoms in total. The summed E-state index contributed by atoms with van der Waals surface area (Å²) in [5, 5.41) is 0. The molecule has 0 aliphatic rings. The highest BCUT2D eigenvalue weighted by atomic mass is 31.1. The molecule has 0 bridgehead atoms. The molecule has 0 fully saturated rings. The van der Waals surface area contributed by atoms with Crippen molar-refractivity contribution >= 4 is 14.3 Å². The Morgan fingerprint density at radius 3 is 2.12 bits per heavy atom. The molecule has 0 saturated heterocycles. The van der Waals surface area contributed by atoms with E-state index in [1.807, 2.05) is 0 Å². The van der Waals surface area contributed by atoms with Crippen molar-refractivity contribution in [3.8, 4) is 5.75 Å². The molecular formula is C12H18O3P+. The van der Waals surface area contributed by atoms with Gasteiger partial charge in [0.25, 0.3) is 0 Å². The first-order chi connectivity index (χ1) is 7.63. The lowest BCUT2D eigenvalue weighted by molar-refractivity contribution is 0.410. The molecule has 1 aromatic carbocycles. The molecular weight excluding hydrogens is 223 g/mol. The standard InChI is InChI=1S/C8H7O3P.C4H10/c1-2-7-3-5-8(6-4-7)11-12(9)10;1-3-4-2/h2-6H,1H2;3-4H2,1-2H3/p+1. The van der Waals surface area contributed by atoms with Gasteiger partial charge in [0.15, 0.2) is 5.75 Å². The molecule has 1 aromatic rings. The Hall–Kier alpha value is -1.18. The van der Waals surface area contributed by atoms with Crippen molar-refractivity contribution in [2.24, 2.45) is 0 Å². The lowest BCUT2D eigenvalue weighted by Crippen LogP contribution is -1.79. The van der Waals surface area contributed by atoms with Gasteiger partial charge in [-0.25, -0.2) is 4.52 Å². The largest absolute Gasteiger partial charge is 0.747 e. The van der Waals surface area contributed by atoms with Crippen LogP contribution in [-0.2, 0) is 4.57 Å². The van der Waals surface area contributed by atoms with Crippen molar-refractivity contribution in [2.45, 2.75) is 26.7 Å². The molecule has 0 heterocycles. The summed E-state index contributed by atoms with van der Waals surface area (Å²) < 4.78 is 14.8. The molecule has 0 aliphatic heterocycles. The summed E-state index contributed by atoms with van der Waals surface area (Å²) in [6, 6.07) is 6.73. The summed E-state index contributed by atoms with van der Waals surface area (Å²) >= 11 is 0. The Morgan fingerprint density at radius 2 is 1.81 bits per heavy atom. The quantitative estimate of drug-likeness (QED) is 0.805. The third-order valence-electron chi connectivity index (χ3n) is 1.80. The van der Waals surface area contributed by atoms with E-state index in [4.69, 9.17) is 4.89 Å². The Balaban J connectivity index is 0.000000487. The highest BCUT2D eigenvalue weighted by Crippen LogP contribution is 2.22. The summed E-state index contributed by atoms with van der Waals surface area (Å²) in [6.07, 6.45) is 4.32. The highest BCUT2D eigenvalue weighted by molar-refractivity contribution is 7.32. The van der Waals surface area contributed by atoms with Crippen LogP contribution >= 0.6 is 8.25 Å². The monoisotopic (exact) mass is 241 g/mol. The van der Waals surface area contributed by atoms with Crippen molar-refractivity contribution in [2.75, 3.05) is 0 Å². The Labute approximate surface area is 97.7 Å². The lowest BCUT2D eigenvalue weighted by atomic mass is 10.2. The van der Waals surface area contributed by atoms with Gasteiger partial charge in [0.1, 0.15) is 0 Å². The summed E-state index contributed by atoms with van der Waals surface area (Å²) in [5.74, 6) is 0.379. The van der Waals surface area contributed by atoms with Crippen LogP contribution in [0.15, 0.2) is 30.8 Å². The zero-order chi connectivity index (χ0) is 12.4. The average Bonchev–Trinajstić information content (AvgIpc) is 2.30. The van der Waals surface area contributed by atoms with Crippen LogP contribution in [0.25, 0.3) is 6.08 Å². The second-order valence-corrected chi connectivity index (χ2v) is 3.76. The van der Waals surface area contributed by atoms with Gasteiger partial charge in [-0.05, 0) is 17.7 Å². The first-order valence-corrected chi connectivity index (χ1v) is 6.33. The van der Waals surface area contributed by atoms with Gasteiger partial charge in [0.2, 0.25) is 0 Å². The van der Waals surface area contributed by atoms with E-state index < -0.39 is 8.25 Å². The maximum atomic E-state index is 10.2. The average molecular weight is 241 g/mol. The van der Waals surface area contributed by atoms with Crippen LogP contribution in [0.1, 0.15) is 32.3 Å². The summed E-state index contributed by atoms with van der Waals surface area (Å²) in [4.78, 5) is 8.40. The minimum atomic E-state index is -2.57. The van der Waals surface area contributed by atoms with Crippen LogP contribution in [0.3, 0.4) is 0 Å². The Kier molecular flexibility index (Phi) is 8.41. The van der Waals surface area contributed by atoms with E-state index in [1.54, 1.807) is 30.3 Å². The minimum Gasteiger partial charge on any atom is -0.229 e. The first-order valence-electron chi connectivity index (χ1n) is 5.20. The van der Waals surface area contributed by atoms with Crippen molar-refractivity contribution in [3.05, 3.63) is 36.4 Å². The Morgan fingerprint density at radius 1 is 1.31 bits per heavy atom. The Bertz CT molecular complexity index is 318. The summed E-state index contributed by atoms with van der Waals surface area (Å²) in [7, 11) is -2.57. The normalized spacial score (nSPS) is 9.81. The van der Waals surface area contributed by atoms with E-state index in [1.165, 1.54) is 12.8 Å². The van der Waals surface area contributed by atoms with Crippen LogP contribution in [0.2, 0.25) is 0 Å².